The first-order valence-corrected chi connectivity index (χ1v) is 9.63. The van der Waals surface area contributed by atoms with Crippen molar-refractivity contribution in [3.05, 3.63) is 0 Å². The molecule has 2 rings (SSSR count). The van der Waals surface area contributed by atoms with Gasteiger partial charge in [-0.3, -0.25) is 0 Å². The van der Waals surface area contributed by atoms with Crippen molar-refractivity contribution >= 4 is 22.6 Å². The highest BCUT2D eigenvalue weighted by molar-refractivity contribution is 14.1. The Morgan fingerprint density at radius 2 is 1.33 bits per heavy atom. The maximum Gasteiger partial charge on any atom is 0.0135 e. The van der Waals surface area contributed by atoms with Crippen molar-refractivity contribution in [2.75, 3.05) is 0 Å². The highest BCUT2D eigenvalue weighted by Gasteiger charge is 2.31. The van der Waals surface area contributed by atoms with E-state index in [0.717, 1.165) is 27.6 Å². The number of rotatable bonds is 4. The molecular weight excluding hydrogens is 331 g/mol. The topological polar surface area (TPSA) is 0 Å². The molecule has 0 bridgehead atoms. The van der Waals surface area contributed by atoms with Crippen LogP contribution >= 0.6 is 22.6 Å². The molecule has 0 aliphatic heterocycles. The van der Waals surface area contributed by atoms with E-state index in [1.807, 2.05) is 0 Å². The molecule has 1 heteroatoms. The normalized spacial score (nSPS) is 39.5. The molecular formula is C17H31I. The second kappa shape index (κ2) is 7.50. The van der Waals surface area contributed by atoms with Crippen LogP contribution < -0.4 is 0 Å². The summed E-state index contributed by atoms with van der Waals surface area (Å²) >= 11 is 2.69. The van der Waals surface area contributed by atoms with E-state index in [2.05, 4.69) is 36.4 Å². The van der Waals surface area contributed by atoms with Crippen LogP contribution in [0.25, 0.3) is 0 Å². The standard InChI is InChI=1S/C17H31I/c1-3-13-5-7-14(8-6-13)15-9-11-16(12-10-15)17(18)4-2/h13-17H,3-12H2,1-2H3. The number of hydrogen-bond donors (Lipinski definition) is 0. The van der Waals surface area contributed by atoms with Crippen LogP contribution in [0.5, 0.6) is 0 Å². The van der Waals surface area contributed by atoms with Crippen molar-refractivity contribution in [3.8, 4) is 0 Å². The largest absolute Gasteiger partial charge is 0.0823 e. The van der Waals surface area contributed by atoms with Crippen molar-refractivity contribution in [3.63, 3.8) is 0 Å². The molecule has 2 fully saturated rings. The van der Waals surface area contributed by atoms with Gasteiger partial charge >= 0.3 is 0 Å². The Bertz CT molecular complexity index is 222. The Balaban J connectivity index is 1.73. The Morgan fingerprint density at radius 3 is 1.78 bits per heavy atom. The molecule has 18 heavy (non-hydrogen) atoms. The zero-order valence-corrected chi connectivity index (χ0v) is 14.5. The molecule has 106 valence electrons. The summed E-state index contributed by atoms with van der Waals surface area (Å²) in [7, 11) is 0. The van der Waals surface area contributed by atoms with E-state index in [4.69, 9.17) is 0 Å². The van der Waals surface area contributed by atoms with Crippen molar-refractivity contribution in [1.82, 2.24) is 0 Å². The van der Waals surface area contributed by atoms with E-state index >= 15 is 0 Å². The molecule has 2 aliphatic carbocycles. The van der Waals surface area contributed by atoms with Gasteiger partial charge in [-0.25, -0.2) is 0 Å². The second-order valence-electron chi connectivity index (χ2n) is 6.79. The molecule has 2 aliphatic rings. The van der Waals surface area contributed by atoms with Gasteiger partial charge in [0.05, 0.1) is 0 Å². The van der Waals surface area contributed by atoms with Crippen LogP contribution in [0.15, 0.2) is 0 Å². The van der Waals surface area contributed by atoms with Gasteiger partial charge in [0.2, 0.25) is 0 Å². The molecule has 0 aromatic carbocycles. The van der Waals surface area contributed by atoms with Gasteiger partial charge in [-0.15, -0.1) is 0 Å². The van der Waals surface area contributed by atoms with Gasteiger partial charge in [-0.05, 0) is 68.6 Å². The second-order valence-corrected chi connectivity index (χ2v) is 8.39. The Kier molecular flexibility index (Phi) is 6.30. The van der Waals surface area contributed by atoms with Crippen LogP contribution in [0, 0.1) is 23.7 Å². The third-order valence-electron chi connectivity index (χ3n) is 5.85. The minimum absolute atomic E-state index is 0.944. The third kappa shape index (κ3) is 3.86. The first-order valence-electron chi connectivity index (χ1n) is 8.38. The fraction of sp³-hybridized carbons (Fsp3) is 1.00. The molecule has 0 nitrogen and oxygen atoms in total. The van der Waals surface area contributed by atoms with Crippen molar-refractivity contribution < 1.29 is 0 Å². The summed E-state index contributed by atoms with van der Waals surface area (Å²) in [4.78, 5) is 0. The van der Waals surface area contributed by atoms with E-state index < -0.39 is 0 Å². The summed E-state index contributed by atoms with van der Waals surface area (Å²) in [5.74, 6) is 4.30. The first kappa shape index (κ1) is 15.1. The number of alkyl halides is 1. The Labute approximate surface area is 128 Å². The summed E-state index contributed by atoms with van der Waals surface area (Å²) < 4.78 is 0.944. The third-order valence-corrected chi connectivity index (χ3v) is 7.75. The van der Waals surface area contributed by atoms with Crippen LogP contribution in [0.1, 0.15) is 78.1 Å². The molecule has 0 spiro atoms. The molecule has 0 saturated heterocycles. The molecule has 0 radical (unpaired) electrons. The SMILES string of the molecule is CCC1CCC(C2CCC(C(I)CC)CC2)CC1. The molecule has 0 aromatic rings. The van der Waals surface area contributed by atoms with E-state index in [1.54, 1.807) is 25.7 Å². The predicted molar refractivity (Wildman–Crippen MR) is 89.3 cm³/mol. The van der Waals surface area contributed by atoms with Crippen LogP contribution in [-0.4, -0.2) is 3.92 Å². The van der Waals surface area contributed by atoms with Crippen molar-refractivity contribution in [2.24, 2.45) is 23.7 Å². The van der Waals surface area contributed by atoms with Gasteiger partial charge < -0.3 is 0 Å². The molecule has 0 amide bonds. The van der Waals surface area contributed by atoms with Gasteiger partial charge in [-0.1, -0.05) is 55.7 Å². The van der Waals surface area contributed by atoms with Crippen LogP contribution in [0.2, 0.25) is 0 Å². The zero-order chi connectivity index (χ0) is 13.0. The maximum absolute atomic E-state index is 2.69. The van der Waals surface area contributed by atoms with Gasteiger partial charge in [-0.2, -0.15) is 0 Å². The van der Waals surface area contributed by atoms with Gasteiger partial charge in [0.25, 0.3) is 0 Å². The molecule has 0 aromatic heterocycles. The molecule has 1 atom stereocenters. The number of halogens is 1. The fourth-order valence-corrected chi connectivity index (χ4v) is 5.10. The van der Waals surface area contributed by atoms with E-state index in [9.17, 15) is 0 Å². The van der Waals surface area contributed by atoms with E-state index in [0.29, 0.717) is 0 Å². The molecule has 2 saturated carbocycles. The lowest BCUT2D eigenvalue weighted by atomic mass is 9.68. The van der Waals surface area contributed by atoms with Gasteiger partial charge in [0.15, 0.2) is 0 Å². The van der Waals surface area contributed by atoms with Crippen LogP contribution in [0.3, 0.4) is 0 Å². The predicted octanol–water partition coefficient (Wildman–Crippen LogP) is 6.22. The minimum Gasteiger partial charge on any atom is -0.0823 e. The highest BCUT2D eigenvalue weighted by atomic mass is 127. The lowest BCUT2D eigenvalue weighted by Crippen LogP contribution is -2.28. The van der Waals surface area contributed by atoms with Crippen molar-refractivity contribution in [1.29, 1.82) is 0 Å². The fourth-order valence-electron chi connectivity index (χ4n) is 4.38. The van der Waals surface area contributed by atoms with Crippen molar-refractivity contribution in [2.45, 2.75) is 82.0 Å². The Morgan fingerprint density at radius 1 is 0.833 bits per heavy atom. The average Bonchev–Trinajstić information content (AvgIpc) is 2.47. The van der Waals surface area contributed by atoms with E-state index in [-0.39, 0.29) is 0 Å². The monoisotopic (exact) mass is 362 g/mol. The summed E-state index contributed by atoms with van der Waals surface area (Å²) in [5, 5.41) is 0. The lowest BCUT2D eigenvalue weighted by Gasteiger charge is -2.38. The summed E-state index contributed by atoms with van der Waals surface area (Å²) in [6, 6.07) is 0. The minimum atomic E-state index is 0.944. The average molecular weight is 362 g/mol. The molecule has 0 heterocycles. The van der Waals surface area contributed by atoms with Crippen LogP contribution in [0.4, 0.5) is 0 Å². The molecule has 0 N–H and O–H groups in total. The van der Waals surface area contributed by atoms with Gasteiger partial charge in [0.1, 0.15) is 0 Å². The highest BCUT2D eigenvalue weighted by Crippen LogP contribution is 2.43. The molecule has 1 unspecified atom stereocenters. The lowest BCUT2D eigenvalue weighted by molar-refractivity contribution is 0.145. The summed E-state index contributed by atoms with van der Waals surface area (Å²) in [6.45, 7) is 4.73. The maximum atomic E-state index is 2.69. The summed E-state index contributed by atoms with van der Waals surface area (Å²) in [5.41, 5.74) is 0. The van der Waals surface area contributed by atoms with E-state index in [1.165, 1.54) is 38.5 Å². The Hall–Kier alpha value is 0.730. The zero-order valence-electron chi connectivity index (χ0n) is 12.3. The first-order chi connectivity index (χ1) is 8.74. The van der Waals surface area contributed by atoms with Crippen LogP contribution in [-0.2, 0) is 0 Å². The quantitative estimate of drug-likeness (QED) is 0.411. The smallest absolute Gasteiger partial charge is 0.0135 e. The van der Waals surface area contributed by atoms with Gasteiger partial charge in [0, 0.05) is 3.92 Å². The summed E-state index contributed by atoms with van der Waals surface area (Å²) in [6.07, 6.45) is 15.1. The number of hydrogen-bond acceptors (Lipinski definition) is 0.